The summed E-state index contributed by atoms with van der Waals surface area (Å²) in [5.41, 5.74) is 8.88. The Morgan fingerprint density at radius 1 is 1.32 bits per heavy atom. The van der Waals surface area contributed by atoms with Crippen LogP contribution in [0.5, 0.6) is 0 Å². The number of nitrogens with zero attached hydrogens (tertiary/aromatic N) is 2. The van der Waals surface area contributed by atoms with Gasteiger partial charge in [-0.2, -0.15) is 5.10 Å². The van der Waals surface area contributed by atoms with Crippen LogP contribution >= 0.6 is 0 Å². The van der Waals surface area contributed by atoms with E-state index < -0.39 is 0 Å². The highest BCUT2D eigenvalue weighted by Gasteiger charge is 2.22. The van der Waals surface area contributed by atoms with E-state index in [0.29, 0.717) is 18.6 Å². The van der Waals surface area contributed by atoms with Gasteiger partial charge in [-0.1, -0.05) is 0 Å². The van der Waals surface area contributed by atoms with Crippen molar-refractivity contribution in [1.29, 1.82) is 0 Å². The fourth-order valence-corrected chi connectivity index (χ4v) is 2.99. The standard InChI is InChI=1S/C15H21N3O/c1-10-6-15-12(7-14(10)16)8-18(17-15)13-4-2-11(9-19)3-5-13/h6-8,11,13,19H,2-5,9,16H2,1H3/t11-,13-. The number of fused-ring (bicyclic) bond motifs is 1. The van der Waals surface area contributed by atoms with E-state index >= 15 is 0 Å². The average molecular weight is 259 g/mol. The van der Waals surface area contributed by atoms with Crippen LogP contribution in [0.3, 0.4) is 0 Å². The van der Waals surface area contributed by atoms with E-state index in [1.165, 1.54) is 0 Å². The van der Waals surface area contributed by atoms with Crippen molar-refractivity contribution in [1.82, 2.24) is 9.78 Å². The monoisotopic (exact) mass is 259 g/mol. The van der Waals surface area contributed by atoms with Crippen molar-refractivity contribution in [3.63, 3.8) is 0 Å². The molecule has 1 aromatic carbocycles. The van der Waals surface area contributed by atoms with Crippen molar-refractivity contribution in [2.24, 2.45) is 5.92 Å². The predicted octanol–water partition coefficient (Wildman–Crippen LogP) is 2.65. The quantitative estimate of drug-likeness (QED) is 0.815. The second-order valence-electron chi connectivity index (χ2n) is 5.73. The van der Waals surface area contributed by atoms with Gasteiger partial charge in [0.15, 0.2) is 0 Å². The summed E-state index contributed by atoms with van der Waals surface area (Å²) in [6.07, 6.45) is 6.51. The molecular weight excluding hydrogens is 238 g/mol. The maximum absolute atomic E-state index is 9.19. The maximum Gasteiger partial charge on any atom is 0.0927 e. The molecule has 1 aliphatic rings. The molecule has 1 saturated carbocycles. The highest BCUT2D eigenvalue weighted by Crippen LogP contribution is 2.32. The molecule has 4 heteroatoms. The zero-order valence-corrected chi connectivity index (χ0v) is 11.3. The Morgan fingerprint density at radius 3 is 2.74 bits per heavy atom. The number of aliphatic hydroxyl groups is 1. The van der Waals surface area contributed by atoms with Gasteiger partial charge in [0.05, 0.1) is 11.6 Å². The minimum absolute atomic E-state index is 0.323. The third kappa shape index (κ3) is 2.32. The fraction of sp³-hybridized carbons (Fsp3) is 0.533. The van der Waals surface area contributed by atoms with Crippen LogP contribution in [0.1, 0.15) is 37.3 Å². The lowest BCUT2D eigenvalue weighted by Gasteiger charge is -2.27. The Labute approximate surface area is 113 Å². The van der Waals surface area contributed by atoms with Gasteiger partial charge < -0.3 is 10.8 Å². The molecule has 0 unspecified atom stereocenters. The first kappa shape index (κ1) is 12.5. The molecule has 102 valence electrons. The van der Waals surface area contributed by atoms with E-state index in [2.05, 4.69) is 22.0 Å². The van der Waals surface area contributed by atoms with Crippen LogP contribution in [0, 0.1) is 12.8 Å². The topological polar surface area (TPSA) is 64.1 Å². The molecule has 1 aromatic heterocycles. The Balaban J connectivity index is 1.86. The number of aliphatic hydroxyl groups excluding tert-OH is 1. The van der Waals surface area contributed by atoms with Gasteiger partial charge >= 0.3 is 0 Å². The van der Waals surface area contributed by atoms with Crippen LogP contribution in [-0.2, 0) is 0 Å². The number of nitrogen functional groups attached to an aromatic ring is 1. The normalized spacial score (nSPS) is 23.9. The Hall–Kier alpha value is -1.55. The van der Waals surface area contributed by atoms with Gasteiger partial charge in [0.1, 0.15) is 0 Å². The first-order valence-corrected chi connectivity index (χ1v) is 7.03. The molecule has 0 amide bonds. The minimum Gasteiger partial charge on any atom is -0.398 e. The van der Waals surface area contributed by atoms with Crippen molar-refractivity contribution in [2.75, 3.05) is 12.3 Å². The lowest BCUT2D eigenvalue weighted by Crippen LogP contribution is -2.20. The number of nitrogens with two attached hydrogens (primary N) is 1. The molecule has 1 aliphatic carbocycles. The zero-order valence-electron chi connectivity index (χ0n) is 11.3. The third-order valence-corrected chi connectivity index (χ3v) is 4.36. The van der Waals surface area contributed by atoms with E-state index in [1.54, 1.807) is 0 Å². The number of benzene rings is 1. The van der Waals surface area contributed by atoms with Crippen molar-refractivity contribution < 1.29 is 5.11 Å². The number of aryl methyl sites for hydroxylation is 1. The summed E-state index contributed by atoms with van der Waals surface area (Å²) in [6.45, 7) is 2.34. The van der Waals surface area contributed by atoms with Crippen molar-refractivity contribution in [3.8, 4) is 0 Å². The molecule has 0 saturated heterocycles. The molecular formula is C15H21N3O. The van der Waals surface area contributed by atoms with E-state index in [4.69, 9.17) is 5.73 Å². The van der Waals surface area contributed by atoms with Crippen molar-refractivity contribution in [3.05, 3.63) is 23.9 Å². The fourth-order valence-electron chi connectivity index (χ4n) is 2.99. The molecule has 3 rings (SSSR count). The number of hydrogen-bond acceptors (Lipinski definition) is 3. The second kappa shape index (κ2) is 4.85. The smallest absolute Gasteiger partial charge is 0.0927 e. The first-order valence-electron chi connectivity index (χ1n) is 7.03. The summed E-state index contributed by atoms with van der Waals surface area (Å²) in [7, 11) is 0. The molecule has 0 aliphatic heterocycles. The molecule has 3 N–H and O–H groups in total. The van der Waals surface area contributed by atoms with Gasteiger partial charge in [-0.05, 0) is 56.2 Å². The number of aromatic nitrogens is 2. The van der Waals surface area contributed by atoms with E-state index in [-0.39, 0.29) is 0 Å². The summed E-state index contributed by atoms with van der Waals surface area (Å²) in [6, 6.07) is 4.53. The van der Waals surface area contributed by atoms with Gasteiger partial charge in [0, 0.05) is 23.9 Å². The Bertz CT molecular complexity index is 543. The van der Waals surface area contributed by atoms with Crippen LogP contribution in [0.15, 0.2) is 18.3 Å². The predicted molar refractivity (Wildman–Crippen MR) is 77.0 cm³/mol. The summed E-state index contributed by atoms with van der Waals surface area (Å²) in [5.74, 6) is 0.485. The second-order valence-corrected chi connectivity index (χ2v) is 5.73. The molecule has 1 fully saturated rings. The largest absolute Gasteiger partial charge is 0.398 e. The van der Waals surface area contributed by atoms with Gasteiger partial charge in [0.25, 0.3) is 0 Å². The third-order valence-electron chi connectivity index (χ3n) is 4.36. The Kier molecular flexibility index (Phi) is 3.19. The van der Waals surface area contributed by atoms with Crippen LogP contribution in [-0.4, -0.2) is 21.5 Å². The van der Waals surface area contributed by atoms with Crippen LogP contribution in [0.25, 0.3) is 10.9 Å². The molecule has 2 aromatic rings. The molecule has 0 radical (unpaired) electrons. The highest BCUT2D eigenvalue weighted by molar-refractivity contribution is 5.83. The number of anilines is 1. The molecule has 0 bridgehead atoms. The van der Waals surface area contributed by atoms with Gasteiger partial charge in [-0.15, -0.1) is 0 Å². The minimum atomic E-state index is 0.323. The van der Waals surface area contributed by atoms with Gasteiger partial charge in [-0.3, -0.25) is 4.68 Å². The number of rotatable bonds is 2. The van der Waals surface area contributed by atoms with Crippen LogP contribution in [0.2, 0.25) is 0 Å². The molecule has 0 spiro atoms. The Morgan fingerprint density at radius 2 is 2.05 bits per heavy atom. The van der Waals surface area contributed by atoms with E-state index in [0.717, 1.165) is 47.8 Å². The maximum atomic E-state index is 9.19. The lowest BCUT2D eigenvalue weighted by molar-refractivity contribution is 0.165. The molecule has 1 heterocycles. The van der Waals surface area contributed by atoms with Gasteiger partial charge in [0.2, 0.25) is 0 Å². The highest BCUT2D eigenvalue weighted by atomic mass is 16.3. The van der Waals surface area contributed by atoms with Crippen LogP contribution < -0.4 is 5.73 Å². The summed E-state index contributed by atoms with van der Waals surface area (Å²) >= 11 is 0. The summed E-state index contributed by atoms with van der Waals surface area (Å²) in [4.78, 5) is 0. The number of hydrogen-bond donors (Lipinski definition) is 2. The molecule has 19 heavy (non-hydrogen) atoms. The first-order chi connectivity index (χ1) is 9.17. The van der Waals surface area contributed by atoms with Crippen molar-refractivity contribution >= 4 is 16.6 Å². The summed E-state index contributed by atoms with van der Waals surface area (Å²) < 4.78 is 2.09. The van der Waals surface area contributed by atoms with Crippen LogP contribution in [0.4, 0.5) is 5.69 Å². The van der Waals surface area contributed by atoms with E-state index in [1.807, 2.05) is 13.0 Å². The van der Waals surface area contributed by atoms with Gasteiger partial charge in [-0.25, -0.2) is 0 Å². The lowest BCUT2D eigenvalue weighted by atomic mass is 9.87. The average Bonchev–Trinajstić information content (AvgIpc) is 2.82. The van der Waals surface area contributed by atoms with Crippen molar-refractivity contribution in [2.45, 2.75) is 38.6 Å². The van der Waals surface area contributed by atoms with E-state index in [9.17, 15) is 5.11 Å². The SMILES string of the molecule is Cc1cc2nn([C@H]3CC[C@H](CO)CC3)cc2cc1N. The zero-order chi connectivity index (χ0) is 13.4. The molecule has 4 nitrogen and oxygen atoms in total. The summed E-state index contributed by atoms with van der Waals surface area (Å²) in [5, 5.41) is 15.0. The molecule has 0 atom stereocenters.